The smallest absolute Gasteiger partial charge is 0.271 e. The normalized spacial score (nSPS) is 15.8. The Kier molecular flexibility index (Phi) is 7.00. The lowest BCUT2D eigenvalue weighted by molar-refractivity contribution is 0.0335. The number of benzene rings is 1. The van der Waals surface area contributed by atoms with E-state index >= 15 is 0 Å². The molecule has 0 saturated heterocycles. The van der Waals surface area contributed by atoms with Crippen LogP contribution in [0.1, 0.15) is 48.0 Å². The summed E-state index contributed by atoms with van der Waals surface area (Å²) in [6.07, 6.45) is 2.52. The van der Waals surface area contributed by atoms with Gasteiger partial charge in [-0.1, -0.05) is 6.07 Å². The molecule has 2 aliphatic heterocycles. The van der Waals surface area contributed by atoms with Crippen LogP contribution in [0.5, 0.6) is 5.75 Å². The van der Waals surface area contributed by atoms with Crippen LogP contribution in [0.2, 0.25) is 0 Å². The largest absolute Gasteiger partial charge is 0.496 e. The third-order valence-corrected chi connectivity index (χ3v) is 7.49. The number of rotatable bonds is 4. The summed E-state index contributed by atoms with van der Waals surface area (Å²) in [5, 5.41) is 3.07. The average Bonchev–Trinajstić information content (AvgIpc) is 3.19. The highest BCUT2D eigenvalue weighted by Crippen LogP contribution is 2.46. The molecule has 38 heavy (non-hydrogen) atoms. The zero-order chi connectivity index (χ0) is 27.2. The Morgan fingerprint density at radius 3 is 2.68 bits per heavy atom. The second kappa shape index (κ2) is 10.1. The second-order valence-electron chi connectivity index (χ2n) is 10.5. The van der Waals surface area contributed by atoms with E-state index in [0.717, 1.165) is 27.9 Å². The molecule has 0 fully saturated rings. The van der Waals surface area contributed by atoms with Gasteiger partial charge in [-0.25, -0.2) is 4.98 Å². The van der Waals surface area contributed by atoms with Crippen LogP contribution in [0.3, 0.4) is 0 Å². The summed E-state index contributed by atoms with van der Waals surface area (Å²) < 4.78 is 28.0. The Bertz CT molecular complexity index is 1440. The maximum absolute atomic E-state index is 14.2. The summed E-state index contributed by atoms with van der Waals surface area (Å²) >= 11 is 4.86. The summed E-state index contributed by atoms with van der Waals surface area (Å²) in [5.41, 5.74) is 5.99. The van der Waals surface area contributed by atoms with Crippen LogP contribution in [0.4, 0.5) is 4.39 Å². The minimum Gasteiger partial charge on any atom is -0.496 e. The Morgan fingerprint density at radius 2 is 2.00 bits per heavy atom. The molecule has 0 spiro atoms. The Labute approximate surface area is 228 Å². The summed E-state index contributed by atoms with van der Waals surface area (Å²) in [5.74, 6) is 0.0451. The van der Waals surface area contributed by atoms with Gasteiger partial charge in [0.1, 0.15) is 11.4 Å². The fraction of sp³-hybridized carbons (Fsp3) is 0.379. The van der Waals surface area contributed by atoms with Crippen molar-refractivity contribution in [1.29, 1.82) is 0 Å². The lowest BCUT2D eigenvalue weighted by Crippen LogP contribution is -2.49. The van der Waals surface area contributed by atoms with Crippen molar-refractivity contribution in [3.05, 3.63) is 64.9 Å². The number of pyridine rings is 1. The zero-order valence-corrected chi connectivity index (χ0v) is 23.3. The number of nitrogens with one attached hydrogen (secondary N) is 1. The maximum atomic E-state index is 14.2. The van der Waals surface area contributed by atoms with E-state index in [1.165, 1.54) is 6.07 Å². The molecule has 0 unspecified atom stereocenters. The fourth-order valence-corrected chi connectivity index (χ4v) is 5.82. The van der Waals surface area contributed by atoms with Crippen molar-refractivity contribution < 1.29 is 18.7 Å². The van der Waals surface area contributed by atoms with E-state index in [2.05, 4.69) is 14.9 Å². The summed E-state index contributed by atoms with van der Waals surface area (Å²) in [6.45, 7) is 8.01. The third-order valence-electron chi connectivity index (χ3n) is 7.14. The fourth-order valence-electron chi connectivity index (χ4n) is 5.45. The van der Waals surface area contributed by atoms with Crippen LogP contribution in [0, 0.1) is 5.95 Å². The first-order valence-electron chi connectivity index (χ1n) is 12.7. The van der Waals surface area contributed by atoms with Crippen molar-refractivity contribution in [2.75, 3.05) is 27.3 Å². The number of carbonyl (C=O) groups excluding carboxylic acids is 1. The van der Waals surface area contributed by atoms with Gasteiger partial charge >= 0.3 is 0 Å². The number of hydrogen-bond acceptors (Lipinski definition) is 6. The predicted molar refractivity (Wildman–Crippen MR) is 150 cm³/mol. The van der Waals surface area contributed by atoms with Gasteiger partial charge in [-0.3, -0.25) is 4.79 Å². The molecule has 2 aliphatic rings. The van der Waals surface area contributed by atoms with E-state index in [1.54, 1.807) is 19.2 Å². The van der Waals surface area contributed by atoms with Gasteiger partial charge in [-0.2, -0.15) is 4.39 Å². The molecule has 2 aromatic heterocycles. The number of fused-ring (bicyclic) bond motifs is 5. The zero-order valence-electron chi connectivity index (χ0n) is 22.4. The minimum absolute atomic E-state index is 0.0159. The number of hydrogen-bond donors (Lipinski definition) is 2. The second-order valence-corrected chi connectivity index (χ2v) is 11.0. The van der Waals surface area contributed by atoms with Crippen LogP contribution >= 0.6 is 12.6 Å². The lowest BCUT2D eigenvalue weighted by atomic mass is 9.92. The third kappa shape index (κ3) is 4.47. The molecule has 0 atom stereocenters. The highest BCUT2D eigenvalue weighted by Gasteiger charge is 2.38. The SMILES string of the molecule is CN/C=C(\S)c1c2c(n3c1-c1cc(-c4cccc(F)n4)c(OC)cc1CC3)C(=O)N(C(C)(C)C)CCOC2. The van der Waals surface area contributed by atoms with Gasteiger partial charge in [-0.15, -0.1) is 12.6 Å². The molecule has 1 amide bonds. The number of amides is 1. The van der Waals surface area contributed by atoms with Gasteiger partial charge in [-0.05, 0) is 57.0 Å². The number of nitrogens with zero attached hydrogens (tertiary/aromatic N) is 3. The van der Waals surface area contributed by atoms with Crippen LogP contribution in [0.25, 0.3) is 27.4 Å². The molecule has 4 heterocycles. The van der Waals surface area contributed by atoms with Crippen molar-refractivity contribution >= 4 is 23.4 Å². The van der Waals surface area contributed by atoms with E-state index in [9.17, 15) is 9.18 Å². The first-order chi connectivity index (χ1) is 18.2. The Morgan fingerprint density at radius 1 is 1.21 bits per heavy atom. The minimum atomic E-state index is -0.561. The Balaban J connectivity index is 1.82. The number of aryl methyl sites for hydroxylation is 1. The standard InChI is InChI=1S/C29H33FN4O3S/c1-29(2,3)34-11-12-37-16-20-25(23(38)15-31-4)26-18-14-19(21-7-6-8-24(30)32-21)22(36-5)13-17(18)9-10-33(26)27(20)28(34)35/h6-8,13-15,31,38H,9-12,16H2,1-5H3/b23-15-. The lowest BCUT2D eigenvalue weighted by Gasteiger charge is -2.37. The summed E-state index contributed by atoms with van der Waals surface area (Å²) in [4.78, 5) is 20.9. The molecule has 3 aromatic rings. The van der Waals surface area contributed by atoms with E-state index < -0.39 is 5.95 Å². The number of aromatic nitrogens is 2. The number of ether oxygens (including phenoxy) is 2. The molecule has 0 saturated carbocycles. The molecule has 200 valence electrons. The highest BCUT2D eigenvalue weighted by atomic mass is 32.1. The van der Waals surface area contributed by atoms with Gasteiger partial charge in [0, 0.05) is 59.0 Å². The van der Waals surface area contributed by atoms with Gasteiger partial charge in [0.05, 0.1) is 31.7 Å². The molecule has 9 heteroatoms. The summed E-state index contributed by atoms with van der Waals surface area (Å²) in [7, 11) is 3.42. The molecule has 1 N–H and O–H groups in total. The average molecular weight is 537 g/mol. The first kappa shape index (κ1) is 26.3. The van der Waals surface area contributed by atoms with Crippen LogP contribution in [0.15, 0.2) is 36.5 Å². The highest BCUT2D eigenvalue weighted by molar-refractivity contribution is 7.90. The van der Waals surface area contributed by atoms with Crippen LogP contribution in [-0.2, 0) is 24.3 Å². The van der Waals surface area contributed by atoms with E-state index in [0.29, 0.717) is 60.3 Å². The summed E-state index contributed by atoms with van der Waals surface area (Å²) in [6, 6.07) is 8.70. The van der Waals surface area contributed by atoms with Crippen LogP contribution in [-0.4, -0.2) is 53.2 Å². The van der Waals surface area contributed by atoms with Crippen LogP contribution < -0.4 is 10.1 Å². The predicted octanol–water partition coefficient (Wildman–Crippen LogP) is 5.14. The van der Waals surface area contributed by atoms with Crippen molar-refractivity contribution in [1.82, 2.24) is 19.8 Å². The Hall–Kier alpha value is -3.30. The molecule has 1 aromatic carbocycles. The number of halogens is 1. The molecule has 0 bridgehead atoms. The van der Waals surface area contributed by atoms with E-state index in [-0.39, 0.29) is 11.4 Å². The molecule has 5 rings (SSSR count). The maximum Gasteiger partial charge on any atom is 0.271 e. The topological polar surface area (TPSA) is 68.6 Å². The van der Waals surface area contributed by atoms with Gasteiger partial charge in [0.15, 0.2) is 0 Å². The number of thiol groups is 1. The monoisotopic (exact) mass is 536 g/mol. The van der Waals surface area contributed by atoms with Crippen molar-refractivity contribution in [2.24, 2.45) is 0 Å². The molecular formula is C29H33FN4O3S. The van der Waals surface area contributed by atoms with Gasteiger partial charge < -0.3 is 24.3 Å². The first-order valence-corrected chi connectivity index (χ1v) is 13.2. The van der Waals surface area contributed by atoms with Gasteiger partial charge in [0.2, 0.25) is 5.95 Å². The molecule has 7 nitrogen and oxygen atoms in total. The molecule has 0 radical (unpaired) electrons. The van der Waals surface area contributed by atoms with Gasteiger partial charge in [0.25, 0.3) is 5.91 Å². The van der Waals surface area contributed by atoms with E-state index in [4.69, 9.17) is 22.1 Å². The van der Waals surface area contributed by atoms with E-state index in [1.807, 2.05) is 51.1 Å². The van der Waals surface area contributed by atoms with Crippen molar-refractivity contribution in [2.45, 2.75) is 45.9 Å². The molecule has 0 aliphatic carbocycles. The molecular weight excluding hydrogens is 503 g/mol. The van der Waals surface area contributed by atoms with Crippen molar-refractivity contribution in [3.63, 3.8) is 0 Å². The number of methoxy groups -OCH3 is 1. The number of carbonyl (C=O) groups is 1. The van der Waals surface area contributed by atoms with Crippen molar-refractivity contribution in [3.8, 4) is 28.3 Å². The quantitative estimate of drug-likeness (QED) is 0.357.